The van der Waals surface area contributed by atoms with Crippen molar-refractivity contribution < 1.29 is 9.90 Å². The van der Waals surface area contributed by atoms with E-state index >= 15 is 0 Å². The minimum absolute atomic E-state index is 0.0445. The van der Waals surface area contributed by atoms with Crippen LogP contribution in [0.2, 0.25) is 0 Å². The average Bonchev–Trinajstić information content (AvgIpc) is 3.09. The molecule has 5 heteroatoms. The lowest BCUT2D eigenvalue weighted by Gasteiger charge is -2.40. The Morgan fingerprint density at radius 2 is 2.04 bits per heavy atom. The van der Waals surface area contributed by atoms with Crippen LogP contribution in [0, 0.1) is 5.92 Å². The number of amides is 1. The summed E-state index contributed by atoms with van der Waals surface area (Å²) < 4.78 is 0. The number of H-pyrrole nitrogens is 1. The molecule has 0 spiro atoms. The van der Waals surface area contributed by atoms with Gasteiger partial charge in [0, 0.05) is 49.9 Å². The number of rotatable bonds is 3. The standard InChI is InChI=1S/C20H25N3O.CH4O/c1-4-23(5-2)20(24)14-9-16-15-7-6-8-17-19(15)13(11-21-17)10-18(16)22(3)12-14;1-2/h6-9,11,14,18,21H,4-5,10,12H2,1-3H3;2H,1H3/t14-,18-;/m1./s1. The van der Waals surface area contributed by atoms with Gasteiger partial charge in [0.1, 0.15) is 0 Å². The molecule has 1 amide bonds. The highest BCUT2D eigenvalue weighted by Gasteiger charge is 2.36. The zero-order valence-corrected chi connectivity index (χ0v) is 16.1. The van der Waals surface area contributed by atoms with Crippen molar-refractivity contribution in [1.29, 1.82) is 0 Å². The highest BCUT2D eigenvalue weighted by atomic mass is 16.2. The first-order chi connectivity index (χ1) is 12.6. The number of aromatic amines is 1. The SMILES string of the molecule is CCN(CC)C(=O)[C@@H]1C=C2c3cccc4[nH]cc(c34)C[C@H]2N(C)C1.CO. The quantitative estimate of drug-likeness (QED) is 0.889. The van der Waals surface area contributed by atoms with Crippen LogP contribution in [0.3, 0.4) is 0 Å². The molecule has 0 unspecified atom stereocenters. The van der Waals surface area contributed by atoms with Crippen molar-refractivity contribution in [3.63, 3.8) is 0 Å². The Morgan fingerprint density at radius 1 is 1.31 bits per heavy atom. The van der Waals surface area contributed by atoms with Gasteiger partial charge in [-0.15, -0.1) is 0 Å². The summed E-state index contributed by atoms with van der Waals surface area (Å²) in [7, 11) is 3.15. The predicted molar refractivity (Wildman–Crippen MR) is 106 cm³/mol. The molecule has 2 N–H and O–H groups in total. The van der Waals surface area contributed by atoms with Crippen molar-refractivity contribution in [2.75, 3.05) is 33.8 Å². The smallest absolute Gasteiger partial charge is 0.230 e. The van der Waals surface area contributed by atoms with Crippen LogP contribution in [0.15, 0.2) is 30.5 Å². The normalized spacial score (nSPS) is 21.5. The van der Waals surface area contributed by atoms with Crippen LogP contribution >= 0.6 is 0 Å². The van der Waals surface area contributed by atoms with Crippen LogP contribution in [0.25, 0.3) is 16.5 Å². The molecular weight excluding hydrogens is 326 g/mol. The predicted octanol–water partition coefficient (Wildman–Crippen LogP) is 2.51. The number of likely N-dealkylation sites (N-methyl/N-ethyl adjacent to an activating group) is 1. The molecule has 0 radical (unpaired) electrons. The number of fused-ring (bicyclic) bond motifs is 2. The molecule has 2 aliphatic rings. The summed E-state index contributed by atoms with van der Waals surface area (Å²) >= 11 is 0. The number of aromatic nitrogens is 1. The van der Waals surface area contributed by atoms with E-state index in [-0.39, 0.29) is 11.8 Å². The Labute approximate surface area is 155 Å². The zero-order valence-electron chi connectivity index (χ0n) is 16.1. The van der Waals surface area contributed by atoms with E-state index in [4.69, 9.17) is 5.11 Å². The number of aliphatic hydroxyl groups excluding tert-OH is 1. The number of nitrogens with zero attached hydrogens (tertiary/aromatic N) is 2. The van der Waals surface area contributed by atoms with Crippen molar-refractivity contribution in [1.82, 2.24) is 14.8 Å². The third-order valence-electron chi connectivity index (χ3n) is 5.66. The van der Waals surface area contributed by atoms with Gasteiger partial charge in [-0.05, 0) is 50.1 Å². The summed E-state index contributed by atoms with van der Waals surface area (Å²) in [6.07, 6.45) is 5.41. The van der Waals surface area contributed by atoms with Gasteiger partial charge in [-0.3, -0.25) is 9.69 Å². The number of hydrogen-bond donors (Lipinski definition) is 2. The lowest BCUT2D eigenvalue weighted by atomic mass is 9.79. The van der Waals surface area contributed by atoms with Gasteiger partial charge in [0.05, 0.1) is 5.92 Å². The van der Waals surface area contributed by atoms with Gasteiger partial charge >= 0.3 is 0 Å². The number of nitrogens with one attached hydrogen (secondary N) is 1. The van der Waals surface area contributed by atoms with Crippen molar-refractivity contribution in [2.45, 2.75) is 26.3 Å². The van der Waals surface area contributed by atoms with E-state index in [2.05, 4.69) is 61.3 Å². The maximum absolute atomic E-state index is 12.9. The van der Waals surface area contributed by atoms with E-state index in [1.807, 2.05) is 4.90 Å². The molecule has 1 aromatic heterocycles. The first kappa shape index (κ1) is 18.7. The molecule has 1 aromatic carbocycles. The van der Waals surface area contributed by atoms with E-state index in [1.165, 1.54) is 27.6 Å². The number of carbonyl (C=O) groups excluding carboxylic acids is 1. The monoisotopic (exact) mass is 355 g/mol. The lowest BCUT2D eigenvalue weighted by Crippen LogP contribution is -2.47. The maximum atomic E-state index is 12.9. The third kappa shape index (κ3) is 2.95. The minimum atomic E-state index is -0.0445. The molecule has 1 aliphatic heterocycles. The molecule has 2 aromatic rings. The zero-order chi connectivity index (χ0) is 18.8. The minimum Gasteiger partial charge on any atom is -0.400 e. The first-order valence-corrected chi connectivity index (χ1v) is 9.38. The van der Waals surface area contributed by atoms with Crippen LogP contribution in [0.1, 0.15) is 25.0 Å². The van der Waals surface area contributed by atoms with Gasteiger partial charge in [-0.1, -0.05) is 18.2 Å². The molecule has 2 atom stereocenters. The summed E-state index contributed by atoms with van der Waals surface area (Å²) in [5, 5.41) is 8.34. The van der Waals surface area contributed by atoms with Crippen LogP contribution in [0.5, 0.6) is 0 Å². The second-order valence-corrected chi connectivity index (χ2v) is 6.94. The van der Waals surface area contributed by atoms with Gasteiger partial charge in [0.25, 0.3) is 0 Å². The Bertz CT molecular complexity index is 820. The average molecular weight is 355 g/mol. The first-order valence-electron chi connectivity index (χ1n) is 9.38. The summed E-state index contributed by atoms with van der Waals surface area (Å²) in [5.74, 6) is 0.210. The fourth-order valence-electron chi connectivity index (χ4n) is 4.38. The van der Waals surface area contributed by atoms with Crippen molar-refractivity contribution in [2.24, 2.45) is 5.92 Å². The van der Waals surface area contributed by atoms with Crippen LogP contribution < -0.4 is 0 Å². The number of hydrogen-bond acceptors (Lipinski definition) is 3. The van der Waals surface area contributed by atoms with E-state index in [9.17, 15) is 4.79 Å². The summed E-state index contributed by atoms with van der Waals surface area (Å²) in [4.78, 5) is 20.6. The molecule has 140 valence electrons. The Balaban J connectivity index is 0.000000948. The van der Waals surface area contributed by atoms with Crippen LogP contribution in [-0.2, 0) is 11.2 Å². The molecule has 0 saturated carbocycles. The molecule has 2 heterocycles. The Hall–Kier alpha value is -2.11. The summed E-state index contributed by atoms with van der Waals surface area (Å²) in [6, 6.07) is 6.82. The van der Waals surface area contributed by atoms with Crippen molar-refractivity contribution in [3.05, 3.63) is 41.6 Å². The van der Waals surface area contributed by atoms with Gasteiger partial charge < -0.3 is 15.0 Å². The van der Waals surface area contributed by atoms with E-state index in [0.29, 0.717) is 6.04 Å². The fraction of sp³-hybridized carbons (Fsp3) is 0.476. The van der Waals surface area contributed by atoms with Crippen LogP contribution in [0.4, 0.5) is 0 Å². The van der Waals surface area contributed by atoms with E-state index in [0.717, 1.165) is 33.2 Å². The number of carbonyl (C=O) groups is 1. The van der Waals surface area contributed by atoms with Crippen molar-refractivity contribution >= 4 is 22.4 Å². The molecular formula is C21H29N3O2. The van der Waals surface area contributed by atoms with E-state index in [1.54, 1.807) is 0 Å². The molecule has 4 rings (SSSR count). The Kier molecular flexibility index (Phi) is 5.49. The molecule has 0 saturated heterocycles. The van der Waals surface area contributed by atoms with Gasteiger partial charge in [0.15, 0.2) is 0 Å². The number of aliphatic hydroxyl groups is 1. The van der Waals surface area contributed by atoms with Gasteiger partial charge in [-0.25, -0.2) is 0 Å². The van der Waals surface area contributed by atoms with Crippen molar-refractivity contribution in [3.8, 4) is 0 Å². The second-order valence-electron chi connectivity index (χ2n) is 6.94. The van der Waals surface area contributed by atoms with Gasteiger partial charge in [0.2, 0.25) is 5.91 Å². The Morgan fingerprint density at radius 3 is 2.73 bits per heavy atom. The second kappa shape index (κ2) is 7.64. The molecule has 0 bridgehead atoms. The topological polar surface area (TPSA) is 59.6 Å². The highest BCUT2D eigenvalue weighted by molar-refractivity contribution is 5.99. The fourth-order valence-corrected chi connectivity index (χ4v) is 4.38. The van der Waals surface area contributed by atoms with E-state index < -0.39 is 0 Å². The third-order valence-corrected chi connectivity index (χ3v) is 5.66. The lowest BCUT2D eigenvalue weighted by molar-refractivity contribution is -0.134. The molecule has 1 aliphatic carbocycles. The molecule has 0 fully saturated rings. The summed E-state index contributed by atoms with van der Waals surface area (Å²) in [6.45, 7) is 6.47. The maximum Gasteiger partial charge on any atom is 0.230 e. The van der Waals surface area contributed by atoms with Crippen LogP contribution in [-0.4, -0.2) is 65.6 Å². The molecule has 26 heavy (non-hydrogen) atoms. The highest BCUT2D eigenvalue weighted by Crippen LogP contribution is 2.40. The molecule has 5 nitrogen and oxygen atoms in total. The summed E-state index contributed by atoms with van der Waals surface area (Å²) in [5.41, 5.74) is 5.21. The largest absolute Gasteiger partial charge is 0.400 e. The van der Waals surface area contributed by atoms with Gasteiger partial charge in [-0.2, -0.15) is 0 Å². The number of benzene rings is 1.